The number of ether oxygens (including phenoxy) is 1. The van der Waals surface area contributed by atoms with E-state index in [1.165, 1.54) is 0 Å². The fourth-order valence-electron chi connectivity index (χ4n) is 2.53. The summed E-state index contributed by atoms with van der Waals surface area (Å²) in [4.78, 5) is 24.9. The molecule has 0 aliphatic carbocycles. The topological polar surface area (TPSA) is 67.4 Å². The second-order valence-electron chi connectivity index (χ2n) is 6.54. The number of nitrogens with one attached hydrogen (secondary N) is 2. The zero-order valence-electron chi connectivity index (χ0n) is 15.8. The highest BCUT2D eigenvalue weighted by Crippen LogP contribution is 2.23. The number of aryl methyl sites for hydroxylation is 1. The monoisotopic (exact) mass is 388 g/mol. The number of anilines is 1. The molecule has 0 bridgehead atoms. The fraction of sp³-hybridized carbons (Fsp3) is 0.333. The van der Waals surface area contributed by atoms with Crippen molar-refractivity contribution in [2.45, 2.75) is 39.8 Å². The number of carbonyl (C=O) groups excluding carboxylic acids is 2. The predicted octanol–water partition coefficient (Wildman–Crippen LogP) is 4.93. The number of hydrogen-bond acceptors (Lipinski definition) is 3. The molecule has 0 saturated carbocycles. The van der Waals surface area contributed by atoms with Crippen LogP contribution in [-0.4, -0.2) is 18.0 Å². The molecule has 0 radical (unpaired) electrons. The minimum absolute atomic E-state index is 0.0708. The third kappa shape index (κ3) is 6.29. The van der Waals surface area contributed by atoms with E-state index in [2.05, 4.69) is 10.6 Å². The van der Waals surface area contributed by atoms with Gasteiger partial charge in [-0.15, -0.1) is 0 Å². The molecule has 0 aliphatic heterocycles. The van der Waals surface area contributed by atoms with E-state index in [1.54, 1.807) is 12.1 Å². The van der Waals surface area contributed by atoms with Crippen LogP contribution in [0.1, 0.15) is 31.4 Å². The van der Waals surface area contributed by atoms with Crippen molar-refractivity contribution in [3.05, 3.63) is 64.7 Å². The summed E-state index contributed by atoms with van der Waals surface area (Å²) >= 11 is 6.19. The van der Waals surface area contributed by atoms with E-state index in [4.69, 9.17) is 16.3 Å². The number of hydrogen-bond donors (Lipinski definition) is 2. The number of halogens is 1. The van der Waals surface area contributed by atoms with E-state index in [0.717, 1.165) is 17.5 Å². The molecule has 27 heavy (non-hydrogen) atoms. The molecule has 0 unspecified atom stereocenters. The molecule has 5 nitrogen and oxygen atoms in total. The SMILES string of the molecule is CC[C@H](C)[C@H](NC(=O)OCc1ccccc1)C(=O)Nc1ccc(C)cc1Cl. The highest BCUT2D eigenvalue weighted by Gasteiger charge is 2.27. The average Bonchev–Trinajstić information content (AvgIpc) is 2.66. The van der Waals surface area contributed by atoms with Crippen LogP contribution in [0.2, 0.25) is 5.02 Å². The van der Waals surface area contributed by atoms with E-state index >= 15 is 0 Å². The Morgan fingerprint density at radius 3 is 2.48 bits per heavy atom. The maximum Gasteiger partial charge on any atom is 0.408 e. The van der Waals surface area contributed by atoms with Gasteiger partial charge in [-0.3, -0.25) is 4.79 Å². The zero-order chi connectivity index (χ0) is 19.8. The van der Waals surface area contributed by atoms with E-state index in [1.807, 2.05) is 57.2 Å². The Bertz CT molecular complexity index is 780. The van der Waals surface area contributed by atoms with Crippen molar-refractivity contribution in [3.8, 4) is 0 Å². The summed E-state index contributed by atoms with van der Waals surface area (Å²) in [6, 6.07) is 14.0. The second-order valence-corrected chi connectivity index (χ2v) is 6.95. The van der Waals surface area contributed by atoms with Gasteiger partial charge in [0.15, 0.2) is 0 Å². The molecule has 0 aliphatic rings. The molecule has 0 fully saturated rings. The molecule has 2 rings (SSSR count). The van der Waals surface area contributed by atoms with Crippen molar-refractivity contribution in [2.75, 3.05) is 5.32 Å². The van der Waals surface area contributed by atoms with Crippen molar-refractivity contribution in [1.82, 2.24) is 5.32 Å². The maximum absolute atomic E-state index is 12.7. The molecule has 2 aromatic carbocycles. The van der Waals surface area contributed by atoms with Crippen LogP contribution in [0.15, 0.2) is 48.5 Å². The quantitative estimate of drug-likeness (QED) is 0.706. The lowest BCUT2D eigenvalue weighted by atomic mass is 9.98. The van der Waals surface area contributed by atoms with Gasteiger partial charge in [0, 0.05) is 0 Å². The van der Waals surface area contributed by atoms with Gasteiger partial charge in [-0.05, 0) is 36.1 Å². The summed E-state index contributed by atoms with van der Waals surface area (Å²) in [6.07, 6.45) is 0.0906. The summed E-state index contributed by atoms with van der Waals surface area (Å²) in [5.74, 6) is -0.398. The zero-order valence-corrected chi connectivity index (χ0v) is 16.5. The second kappa shape index (κ2) is 9.97. The van der Waals surface area contributed by atoms with Crippen molar-refractivity contribution in [2.24, 2.45) is 5.92 Å². The first kappa shape index (κ1) is 20.8. The minimum atomic E-state index is -0.726. The van der Waals surface area contributed by atoms with Crippen LogP contribution in [-0.2, 0) is 16.1 Å². The van der Waals surface area contributed by atoms with Crippen molar-refractivity contribution in [1.29, 1.82) is 0 Å². The van der Waals surface area contributed by atoms with Gasteiger partial charge in [0.2, 0.25) is 5.91 Å². The Kier molecular flexibility index (Phi) is 7.67. The van der Waals surface area contributed by atoms with Crippen LogP contribution in [0.3, 0.4) is 0 Å². The van der Waals surface area contributed by atoms with Gasteiger partial charge in [0.1, 0.15) is 12.6 Å². The molecule has 2 N–H and O–H groups in total. The summed E-state index contributed by atoms with van der Waals surface area (Å²) in [7, 11) is 0. The van der Waals surface area contributed by atoms with Crippen molar-refractivity contribution < 1.29 is 14.3 Å². The van der Waals surface area contributed by atoms with Gasteiger partial charge in [-0.25, -0.2) is 4.79 Å². The standard InChI is InChI=1S/C21H25ClN2O3/c1-4-15(3)19(20(25)23-18-11-10-14(2)12-17(18)22)24-21(26)27-13-16-8-6-5-7-9-16/h5-12,15,19H,4,13H2,1-3H3,(H,23,25)(H,24,26)/t15-,19-/m0/s1. The third-order valence-corrected chi connectivity index (χ3v) is 4.68. The molecule has 0 aromatic heterocycles. The van der Waals surface area contributed by atoms with Gasteiger partial charge in [-0.2, -0.15) is 0 Å². The number of benzene rings is 2. The first-order chi connectivity index (χ1) is 12.9. The predicted molar refractivity (Wildman–Crippen MR) is 108 cm³/mol. The molecular weight excluding hydrogens is 364 g/mol. The molecule has 144 valence electrons. The molecular formula is C21H25ClN2O3. The summed E-state index contributed by atoms with van der Waals surface area (Å²) in [6.45, 7) is 5.92. The van der Waals surface area contributed by atoms with Crippen molar-refractivity contribution >= 4 is 29.3 Å². The Hall–Kier alpha value is -2.53. The van der Waals surface area contributed by atoms with Gasteiger partial charge in [0.05, 0.1) is 10.7 Å². The lowest BCUT2D eigenvalue weighted by molar-refractivity contribution is -0.119. The minimum Gasteiger partial charge on any atom is -0.445 e. The number of rotatable bonds is 7. The van der Waals surface area contributed by atoms with Crippen LogP contribution in [0, 0.1) is 12.8 Å². The lowest BCUT2D eigenvalue weighted by Gasteiger charge is -2.23. The first-order valence-electron chi connectivity index (χ1n) is 8.95. The van der Waals surface area contributed by atoms with E-state index in [-0.39, 0.29) is 18.4 Å². The smallest absolute Gasteiger partial charge is 0.408 e. The van der Waals surface area contributed by atoms with Gasteiger partial charge < -0.3 is 15.4 Å². The normalized spacial score (nSPS) is 12.7. The number of alkyl carbamates (subject to hydrolysis) is 1. The molecule has 2 aromatic rings. The van der Waals surface area contributed by atoms with Crippen LogP contribution in [0.4, 0.5) is 10.5 Å². The molecule has 2 amide bonds. The van der Waals surface area contributed by atoms with Gasteiger partial charge >= 0.3 is 6.09 Å². The summed E-state index contributed by atoms with van der Waals surface area (Å²) in [5, 5.41) is 5.92. The van der Waals surface area contributed by atoms with E-state index in [9.17, 15) is 9.59 Å². The Labute approximate surface area is 165 Å². The fourth-order valence-corrected chi connectivity index (χ4v) is 2.81. The molecule has 0 heterocycles. The van der Waals surface area contributed by atoms with E-state index < -0.39 is 12.1 Å². The molecule has 6 heteroatoms. The largest absolute Gasteiger partial charge is 0.445 e. The average molecular weight is 389 g/mol. The van der Waals surface area contributed by atoms with E-state index in [0.29, 0.717) is 10.7 Å². The number of amides is 2. The van der Waals surface area contributed by atoms with Crippen molar-refractivity contribution in [3.63, 3.8) is 0 Å². The molecule has 2 atom stereocenters. The Balaban J connectivity index is 2.00. The van der Waals surface area contributed by atoms with Gasteiger partial charge in [0.25, 0.3) is 0 Å². The molecule has 0 spiro atoms. The van der Waals surface area contributed by atoms with Gasteiger partial charge in [-0.1, -0.05) is 68.3 Å². The highest BCUT2D eigenvalue weighted by molar-refractivity contribution is 6.33. The highest BCUT2D eigenvalue weighted by atomic mass is 35.5. The van der Waals surface area contributed by atoms with Crippen LogP contribution < -0.4 is 10.6 Å². The maximum atomic E-state index is 12.7. The van der Waals surface area contributed by atoms with Crippen LogP contribution in [0.5, 0.6) is 0 Å². The van der Waals surface area contributed by atoms with Crippen LogP contribution >= 0.6 is 11.6 Å². The lowest BCUT2D eigenvalue weighted by Crippen LogP contribution is -2.47. The summed E-state index contributed by atoms with van der Waals surface area (Å²) < 4.78 is 5.24. The molecule has 0 saturated heterocycles. The Morgan fingerprint density at radius 2 is 1.85 bits per heavy atom. The third-order valence-electron chi connectivity index (χ3n) is 4.36. The first-order valence-corrected chi connectivity index (χ1v) is 9.32. The number of carbonyl (C=O) groups is 2. The van der Waals surface area contributed by atoms with Crippen LogP contribution in [0.25, 0.3) is 0 Å². The summed E-state index contributed by atoms with van der Waals surface area (Å²) in [5.41, 5.74) is 2.39. The Morgan fingerprint density at radius 1 is 1.15 bits per heavy atom.